The molecular weight excluding hydrogens is 238 g/mol. The molecule has 1 aliphatic heterocycles. The van der Waals surface area contributed by atoms with Gasteiger partial charge in [0.15, 0.2) is 0 Å². The minimum atomic E-state index is 0.334. The molecular formula is C15H31N3O. The first-order chi connectivity index (χ1) is 9.08. The first kappa shape index (κ1) is 16.4. The number of carbonyl (C=O) groups excluding carboxylic acids is 1. The van der Waals surface area contributed by atoms with Gasteiger partial charge in [-0.25, -0.2) is 0 Å². The van der Waals surface area contributed by atoms with Crippen LogP contribution in [0.5, 0.6) is 0 Å². The van der Waals surface area contributed by atoms with E-state index in [0.717, 1.165) is 45.6 Å². The Kier molecular flexibility index (Phi) is 7.39. The van der Waals surface area contributed by atoms with Gasteiger partial charge in [0, 0.05) is 31.6 Å². The average Bonchev–Trinajstić information content (AvgIpc) is 2.85. The molecule has 0 aromatic carbocycles. The molecule has 1 saturated heterocycles. The summed E-state index contributed by atoms with van der Waals surface area (Å²) in [6.45, 7) is 13.7. The van der Waals surface area contributed by atoms with E-state index in [1.165, 1.54) is 0 Å². The van der Waals surface area contributed by atoms with E-state index in [0.29, 0.717) is 24.4 Å². The van der Waals surface area contributed by atoms with Crippen molar-refractivity contribution < 1.29 is 4.79 Å². The zero-order valence-electron chi connectivity index (χ0n) is 13.1. The molecule has 1 rings (SSSR count). The number of carbonyl (C=O) groups is 1. The summed E-state index contributed by atoms with van der Waals surface area (Å²) in [7, 11) is 0. The quantitative estimate of drug-likeness (QED) is 0.681. The molecule has 4 heteroatoms. The van der Waals surface area contributed by atoms with Crippen molar-refractivity contribution in [2.24, 2.45) is 0 Å². The highest BCUT2D eigenvalue weighted by Gasteiger charge is 2.28. The zero-order valence-corrected chi connectivity index (χ0v) is 13.1. The maximum absolute atomic E-state index is 12.1. The van der Waals surface area contributed by atoms with Gasteiger partial charge >= 0.3 is 0 Å². The maximum atomic E-state index is 12.1. The van der Waals surface area contributed by atoms with Crippen LogP contribution < -0.4 is 5.32 Å². The van der Waals surface area contributed by atoms with Crippen LogP contribution in [0.2, 0.25) is 0 Å². The van der Waals surface area contributed by atoms with Crippen molar-refractivity contribution in [1.82, 2.24) is 15.1 Å². The van der Waals surface area contributed by atoms with Crippen molar-refractivity contribution in [3.8, 4) is 0 Å². The summed E-state index contributed by atoms with van der Waals surface area (Å²) in [5, 5.41) is 3.36. The molecule has 0 radical (unpaired) electrons. The predicted molar refractivity (Wildman–Crippen MR) is 80.3 cm³/mol. The number of rotatable bonds is 8. The van der Waals surface area contributed by atoms with Gasteiger partial charge in [0.1, 0.15) is 0 Å². The first-order valence-electron chi connectivity index (χ1n) is 7.83. The monoisotopic (exact) mass is 269 g/mol. The molecule has 112 valence electrons. The smallest absolute Gasteiger partial charge is 0.222 e. The Morgan fingerprint density at radius 1 is 1.37 bits per heavy atom. The van der Waals surface area contributed by atoms with Crippen LogP contribution in [0.1, 0.15) is 47.0 Å². The molecule has 4 nitrogen and oxygen atoms in total. The van der Waals surface area contributed by atoms with Gasteiger partial charge in [0.05, 0.1) is 0 Å². The third-order valence-electron chi connectivity index (χ3n) is 3.96. The lowest BCUT2D eigenvalue weighted by Gasteiger charge is -2.26. The predicted octanol–water partition coefficient (Wildman–Crippen LogP) is 1.71. The number of nitrogens with one attached hydrogen (secondary N) is 1. The normalized spacial score (nSPS) is 19.7. The van der Waals surface area contributed by atoms with Crippen molar-refractivity contribution in [2.75, 3.05) is 32.7 Å². The maximum Gasteiger partial charge on any atom is 0.222 e. The van der Waals surface area contributed by atoms with Crippen LogP contribution in [0, 0.1) is 0 Å². The molecule has 0 spiro atoms. The minimum absolute atomic E-state index is 0.334. The van der Waals surface area contributed by atoms with Crippen molar-refractivity contribution in [3.05, 3.63) is 0 Å². The number of amides is 1. The molecule has 0 aromatic heterocycles. The fraction of sp³-hybridized carbons (Fsp3) is 0.933. The van der Waals surface area contributed by atoms with Gasteiger partial charge in [-0.15, -0.1) is 0 Å². The highest BCUT2D eigenvalue weighted by Crippen LogP contribution is 2.16. The molecule has 1 unspecified atom stereocenters. The van der Waals surface area contributed by atoms with Crippen LogP contribution in [-0.2, 0) is 4.79 Å². The van der Waals surface area contributed by atoms with Crippen LogP contribution >= 0.6 is 0 Å². The third kappa shape index (κ3) is 5.49. The van der Waals surface area contributed by atoms with Crippen LogP contribution in [0.25, 0.3) is 0 Å². The Hall–Kier alpha value is -0.610. The second kappa shape index (κ2) is 8.54. The van der Waals surface area contributed by atoms with Crippen LogP contribution in [0.3, 0.4) is 0 Å². The summed E-state index contributed by atoms with van der Waals surface area (Å²) in [6, 6.07) is 1.08. The van der Waals surface area contributed by atoms with Crippen molar-refractivity contribution in [2.45, 2.75) is 59.0 Å². The molecule has 1 heterocycles. The summed E-state index contributed by atoms with van der Waals surface area (Å²) in [5.74, 6) is 0.334. The summed E-state index contributed by atoms with van der Waals surface area (Å²) in [4.78, 5) is 16.6. The summed E-state index contributed by atoms with van der Waals surface area (Å²) in [5.41, 5.74) is 0. The average molecular weight is 269 g/mol. The number of hydrogen-bond donors (Lipinski definition) is 1. The van der Waals surface area contributed by atoms with Crippen LogP contribution in [-0.4, -0.2) is 60.5 Å². The van der Waals surface area contributed by atoms with Crippen molar-refractivity contribution >= 4 is 5.91 Å². The Balaban J connectivity index is 2.24. The van der Waals surface area contributed by atoms with Gasteiger partial charge in [-0.05, 0) is 32.5 Å². The Labute approximate surface area is 118 Å². The van der Waals surface area contributed by atoms with E-state index in [4.69, 9.17) is 0 Å². The van der Waals surface area contributed by atoms with E-state index >= 15 is 0 Å². The molecule has 0 saturated carbocycles. The highest BCUT2D eigenvalue weighted by atomic mass is 16.2. The van der Waals surface area contributed by atoms with Crippen molar-refractivity contribution in [3.63, 3.8) is 0 Å². The number of likely N-dealkylation sites (tertiary alicyclic amines) is 1. The lowest BCUT2D eigenvalue weighted by Crippen LogP contribution is -2.38. The van der Waals surface area contributed by atoms with E-state index in [-0.39, 0.29) is 0 Å². The van der Waals surface area contributed by atoms with E-state index in [1.54, 1.807) is 0 Å². The van der Waals surface area contributed by atoms with Crippen LogP contribution in [0.15, 0.2) is 0 Å². The van der Waals surface area contributed by atoms with Gasteiger partial charge in [0.2, 0.25) is 5.91 Å². The Bertz CT molecular complexity index is 264. The fourth-order valence-electron chi connectivity index (χ4n) is 2.79. The molecule has 0 aromatic rings. The highest BCUT2D eigenvalue weighted by molar-refractivity contribution is 5.76. The lowest BCUT2D eigenvalue weighted by atomic mass is 10.2. The van der Waals surface area contributed by atoms with E-state index in [1.807, 2.05) is 0 Å². The topological polar surface area (TPSA) is 35.6 Å². The zero-order chi connectivity index (χ0) is 14.3. The Morgan fingerprint density at radius 3 is 2.63 bits per heavy atom. The van der Waals surface area contributed by atoms with E-state index in [2.05, 4.69) is 42.8 Å². The summed E-state index contributed by atoms with van der Waals surface area (Å²) < 4.78 is 0. The summed E-state index contributed by atoms with van der Waals surface area (Å²) in [6.07, 6.45) is 2.77. The molecule has 1 aliphatic rings. The standard InChI is InChI=1S/C15H31N3O/c1-5-17(6-2)14-9-11-18(12-14)15(19)8-7-10-16-13(3)4/h13-14,16H,5-12H2,1-4H3. The van der Waals surface area contributed by atoms with Crippen LogP contribution in [0.4, 0.5) is 0 Å². The SMILES string of the molecule is CCN(CC)C1CCN(C(=O)CCCNC(C)C)C1. The first-order valence-corrected chi connectivity index (χ1v) is 7.83. The van der Waals surface area contributed by atoms with E-state index in [9.17, 15) is 4.79 Å². The molecule has 1 amide bonds. The van der Waals surface area contributed by atoms with Gasteiger partial charge in [-0.2, -0.15) is 0 Å². The van der Waals surface area contributed by atoms with Gasteiger partial charge in [0.25, 0.3) is 0 Å². The minimum Gasteiger partial charge on any atom is -0.341 e. The lowest BCUT2D eigenvalue weighted by molar-refractivity contribution is -0.130. The van der Waals surface area contributed by atoms with Crippen molar-refractivity contribution in [1.29, 1.82) is 0 Å². The molecule has 1 atom stereocenters. The second-order valence-corrected chi connectivity index (χ2v) is 5.72. The molecule has 0 aliphatic carbocycles. The Morgan fingerprint density at radius 2 is 2.05 bits per heavy atom. The van der Waals surface area contributed by atoms with Gasteiger partial charge in [-0.1, -0.05) is 27.7 Å². The molecule has 0 bridgehead atoms. The molecule has 1 N–H and O–H groups in total. The molecule has 19 heavy (non-hydrogen) atoms. The molecule has 1 fully saturated rings. The largest absolute Gasteiger partial charge is 0.341 e. The third-order valence-corrected chi connectivity index (χ3v) is 3.96. The van der Waals surface area contributed by atoms with Gasteiger partial charge < -0.3 is 10.2 Å². The van der Waals surface area contributed by atoms with Gasteiger partial charge in [-0.3, -0.25) is 9.69 Å². The summed E-state index contributed by atoms with van der Waals surface area (Å²) >= 11 is 0. The number of likely N-dealkylation sites (N-methyl/N-ethyl adjacent to an activating group) is 1. The fourth-order valence-corrected chi connectivity index (χ4v) is 2.79. The number of nitrogens with zero attached hydrogens (tertiary/aromatic N) is 2. The van der Waals surface area contributed by atoms with E-state index < -0.39 is 0 Å². The second-order valence-electron chi connectivity index (χ2n) is 5.72. The number of hydrogen-bond acceptors (Lipinski definition) is 3.